The Hall–Kier alpha value is -3.21. The molecule has 2 heterocycles. The number of rotatable bonds is 4. The van der Waals surface area contributed by atoms with Gasteiger partial charge < -0.3 is 21.4 Å². The molecule has 4 N–H and O–H groups in total. The maximum Gasteiger partial charge on any atom is 0.287 e. The second-order valence-electron chi connectivity index (χ2n) is 7.10. The van der Waals surface area contributed by atoms with E-state index < -0.39 is 17.7 Å². The van der Waals surface area contributed by atoms with E-state index in [-0.39, 0.29) is 12.3 Å². The number of fused-ring (bicyclic) bond motifs is 1. The van der Waals surface area contributed by atoms with Crippen LogP contribution in [0, 0.1) is 5.41 Å². The number of anilines is 2. The molecule has 0 spiro atoms. The smallest absolute Gasteiger partial charge is 0.287 e. The number of amides is 1. The first-order valence-corrected chi connectivity index (χ1v) is 9.06. The van der Waals surface area contributed by atoms with Gasteiger partial charge in [-0.05, 0) is 37.5 Å². The molecular formula is C20H19F2N5O. The van der Waals surface area contributed by atoms with Crippen LogP contribution in [-0.4, -0.2) is 28.6 Å². The first-order valence-electron chi connectivity index (χ1n) is 9.06. The zero-order valence-electron chi connectivity index (χ0n) is 15.2. The van der Waals surface area contributed by atoms with Crippen LogP contribution in [0.4, 0.5) is 20.4 Å². The molecule has 0 aromatic carbocycles. The maximum atomic E-state index is 13.9. The molecule has 1 aromatic heterocycles. The van der Waals surface area contributed by atoms with Crippen LogP contribution in [0.5, 0.6) is 0 Å². The Bertz CT molecular complexity index is 1010. The van der Waals surface area contributed by atoms with Crippen molar-refractivity contribution < 1.29 is 13.6 Å². The molecule has 1 fully saturated rings. The van der Waals surface area contributed by atoms with Gasteiger partial charge in [-0.3, -0.25) is 4.79 Å². The van der Waals surface area contributed by atoms with Gasteiger partial charge in [0.15, 0.2) is 0 Å². The minimum Gasteiger partial charge on any atom is -0.362 e. The molecule has 1 unspecified atom stereocenters. The zero-order valence-corrected chi connectivity index (χ0v) is 15.2. The van der Waals surface area contributed by atoms with Crippen molar-refractivity contribution in [3.63, 3.8) is 0 Å². The first-order chi connectivity index (χ1) is 13.3. The van der Waals surface area contributed by atoms with Gasteiger partial charge in [0.2, 0.25) is 0 Å². The van der Waals surface area contributed by atoms with Crippen molar-refractivity contribution in [3.05, 3.63) is 52.1 Å². The van der Waals surface area contributed by atoms with Crippen LogP contribution in [0.1, 0.15) is 42.1 Å². The van der Waals surface area contributed by atoms with Crippen LogP contribution in [0.2, 0.25) is 0 Å². The van der Waals surface area contributed by atoms with E-state index in [4.69, 9.17) is 5.41 Å². The Labute approximate surface area is 160 Å². The third kappa shape index (κ3) is 3.36. The van der Waals surface area contributed by atoms with Gasteiger partial charge in [0, 0.05) is 30.3 Å². The summed E-state index contributed by atoms with van der Waals surface area (Å²) in [5, 5.41) is 16.6. The van der Waals surface area contributed by atoms with Crippen molar-refractivity contribution in [2.45, 2.75) is 44.7 Å². The summed E-state index contributed by atoms with van der Waals surface area (Å²) < 4.78 is 27.7. The SMILES string of the molecule is CC1=C=C=CC(Nc2nc(NC3CCCC(F)(F)C3=N)cc3c2C(=O)NC3)=C1. The van der Waals surface area contributed by atoms with E-state index >= 15 is 0 Å². The number of hydrogen-bond donors (Lipinski definition) is 4. The van der Waals surface area contributed by atoms with E-state index in [0.717, 1.165) is 11.1 Å². The van der Waals surface area contributed by atoms with Gasteiger partial charge in [0.05, 0.1) is 11.6 Å². The van der Waals surface area contributed by atoms with Gasteiger partial charge in [-0.25, -0.2) is 4.98 Å². The lowest BCUT2D eigenvalue weighted by Crippen LogP contribution is -2.45. The molecule has 6 nitrogen and oxygen atoms in total. The molecule has 0 saturated heterocycles. The number of nitrogens with zero attached hydrogens (tertiary/aromatic N) is 1. The number of halogens is 2. The van der Waals surface area contributed by atoms with Crippen LogP contribution < -0.4 is 16.0 Å². The number of allylic oxidation sites excluding steroid dienone is 3. The number of carbonyl (C=O) groups excluding carboxylic acids is 1. The molecule has 8 heteroatoms. The van der Waals surface area contributed by atoms with Gasteiger partial charge in [-0.2, -0.15) is 8.78 Å². The molecule has 1 aliphatic heterocycles. The Morgan fingerprint density at radius 2 is 2.25 bits per heavy atom. The molecule has 2 aliphatic carbocycles. The quantitative estimate of drug-likeness (QED) is 0.599. The van der Waals surface area contributed by atoms with Crippen molar-refractivity contribution in [2.75, 3.05) is 10.6 Å². The predicted octanol–water partition coefficient (Wildman–Crippen LogP) is 3.51. The fourth-order valence-corrected chi connectivity index (χ4v) is 3.55. The molecule has 1 amide bonds. The topological polar surface area (TPSA) is 89.9 Å². The number of nitrogens with one attached hydrogen (secondary N) is 4. The van der Waals surface area contributed by atoms with Crippen LogP contribution >= 0.6 is 0 Å². The van der Waals surface area contributed by atoms with E-state index in [9.17, 15) is 13.6 Å². The Kier molecular flexibility index (Phi) is 4.38. The molecule has 4 rings (SSSR count). The van der Waals surface area contributed by atoms with E-state index in [2.05, 4.69) is 32.4 Å². The molecule has 3 aliphatic rings. The molecule has 0 bridgehead atoms. The zero-order chi connectivity index (χ0) is 19.9. The number of carbonyl (C=O) groups is 1. The van der Waals surface area contributed by atoms with Crippen LogP contribution in [-0.2, 0) is 6.54 Å². The number of pyridine rings is 1. The highest BCUT2D eigenvalue weighted by Gasteiger charge is 2.42. The Balaban J connectivity index is 1.65. The minimum atomic E-state index is -3.10. The van der Waals surface area contributed by atoms with Crippen molar-refractivity contribution >= 4 is 23.3 Å². The molecule has 1 atom stereocenters. The second-order valence-corrected chi connectivity index (χ2v) is 7.10. The third-order valence-electron chi connectivity index (χ3n) is 4.95. The lowest BCUT2D eigenvalue weighted by molar-refractivity contribution is 0.0526. The average molecular weight is 383 g/mol. The van der Waals surface area contributed by atoms with Gasteiger partial charge in [-0.15, -0.1) is 0 Å². The number of alkyl halides is 2. The highest BCUT2D eigenvalue weighted by molar-refractivity contribution is 6.03. The van der Waals surface area contributed by atoms with Crippen molar-refractivity contribution in [3.8, 4) is 0 Å². The summed E-state index contributed by atoms with van der Waals surface area (Å²) in [7, 11) is 0. The summed E-state index contributed by atoms with van der Waals surface area (Å²) in [6.45, 7) is 2.21. The van der Waals surface area contributed by atoms with Gasteiger partial charge in [0.25, 0.3) is 11.8 Å². The normalized spacial score (nSPS) is 22.3. The monoisotopic (exact) mass is 383 g/mol. The van der Waals surface area contributed by atoms with Crippen LogP contribution in [0.25, 0.3) is 0 Å². The summed E-state index contributed by atoms with van der Waals surface area (Å²) >= 11 is 0. The predicted molar refractivity (Wildman–Crippen MR) is 102 cm³/mol. The number of aromatic nitrogens is 1. The second kappa shape index (κ2) is 6.75. The lowest BCUT2D eigenvalue weighted by atomic mass is 9.90. The van der Waals surface area contributed by atoms with Gasteiger partial charge in [0.1, 0.15) is 17.3 Å². The Morgan fingerprint density at radius 3 is 3.04 bits per heavy atom. The molecule has 1 saturated carbocycles. The van der Waals surface area contributed by atoms with E-state index in [1.165, 1.54) is 0 Å². The van der Waals surface area contributed by atoms with Crippen molar-refractivity contribution in [1.82, 2.24) is 10.3 Å². The van der Waals surface area contributed by atoms with Crippen molar-refractivity contribution in [1.29, 1.82) is 5.41 Å². The highest BCUT2D eigenvalue weighted by atomic mass is 19.3. The fraction of sp³-hybridized carbons (Fsp3) is 0.350. The standard InChI is InChI=1S/C20H19F2N5O/c1-11-4-2-5-13(8-11)25-18-16-12(10-24-19(16)28)9-15(27-18)26-14-6-3-7-20(21,22)17(14)23/h5,8-9,14,23H,3,6-7,10H2,1H3,(H,24,28)(H2,25,26,27). The maximum absolute atomic E-state index is 13.9. The number of hydrogen-bond acceptors (Lipinski definition) is 5. The first kappa shape index (κ1) is 18.2. The molecule has 144 valence electrons. The Morgan fingerprint density at radius 1 is 1.43 bits per heavy atom. The highest BCUT2D eigenvalue weighted by Crippen LogP contribution is 2.33. The van der Waals surface area contributed by atoms with E-state index in [1.807, 2.05) is 13.0 Å². The van der Waals surface area contributed by atoms with E-state index in [0.29, 0.717) is 42.3 Å². The molecule has 1 aromatic rings. The summed E-state index contributed by atoms with van der Waals surface area (Å²) in [6, 6.07) is 0.892. The lowest BCUT2D eigenvalue weighted by Gasteiger charge is -2.31. The van der Waals surface area contributed by atoms with Gasteiger partial charge >= 0.3 is 0 Å². The van der Waals surface area contributed by atoms with Crippen LogP contribution in [0.3, 0.4) is 0 Å². The molecular weight excluding hydrogens is 364 g/mol. The largest absolute Gasteiger partial charge is 0.362 e. The summed E-state index contributed by atoms with van der Waals surface area (Å²) in [6.07, 6.45) is 4.00. The summed E-state index contributed by atoms with van der Waals surface area (Å²) in [4.78, 5) is 16.7. The summed E-state index contributed by atoms with van der Waals surface area (Å²) in [5.41, 5.74) is 7.91. The van der Waals surface area contributed by atoms with Crippen molar-refractivity contribution in [2.24, 2.45) is 0 Å². The van der Waals surface area contributed by atoms with Crippen LogP contribution in [0.15, 0.2) is 41.0 Å². The fourth-order valence-electron chi connectivity index (χ4n) is 3.55. The summed E-state index contributed by atoms with van der Waals surface area (Å²) in [5.74, 6) is -2.65. The average Bonchev–Trinajstić information content (AvgIpc) is 3.00. The minimum absolute atomic E-state index is 0.239. The van der Waals surface area contributed by atoms with Gasteiger partial charge in [-0.1, -0.05) is 11.5 Å². The molecule has 28 heavy (non-hydrogen) atoms. The van der Waals surface area contributed by atoms with E-state index in [1.54, 1.807) is 12.1 Å². The molecule has 0 radical (unpaired) electrons. The third-order valence-corrected chi connectivity index (χ3v) is 4.95.